The summed E-state index contributed by atoms with van der Waals surface area (Å²) in [6.45, 7) is -0.451. The van der Waals surface area contributed by atoms with Gasteiger partial charge in [0.1, 0.15) is 19.7 Å². The summed E-state index contributed by atoms with van der Waals surface area (Å²) in [6.07, 6.45) is 1.87. The number of carbonyl (C=O) groups is 2. The van der Waals surface area contributed by atoms with E-state index >= 15 is 0 Å². The number of nitrogens with one attached hydrogen (secondary N) is 1. The van der Waals surface area contributed by atoms with Gasteiger partial charge in [0, 0.05) is 6.04 Å². The van der Waals surface area contributed by atoms with Crippen LogP contribution in [0.15, 0.2) is 18.2 Å². The molecule has 2 fully saturated rings. The summed E-state index contributed by atoms with van der Waals surface area (Å²) in [5.41, 5.74) is 0.125. The third-order valence-corrected chi connectivity index (χ3v) is 3.80. The van der Waals surface area contributed by atoms with Crippen molar-refractivity contribution in [2.75, 3.05) is 6.61 Å². The molecular formula is C14H13BFNO3. The average molecular weight is 273 g/mol. The topological polar surface area (TPSA) is 55.4 Å². The molecule has 6 heteroatoms. The Morgan fingerprint density at radius 2 is 2.20 bits per heavy atom. The van der Waals surface area contributed by atoms with E-state index in [1.807, 2.05) is 0 Å². The highest BCUT2D eigenvalue weighted by Crippen LogP contribution is 2.40. The Kier molecular flexibility index (Phi) is 3.34. The van der Waals surface area contributed by atoms with Crippen molar-refractivity contribution < 1.29 is 18.7 Å². The molecule has 1 aromatic rings. The number of Topliss-reactive ketones (excluding diaryl/α,β-unsaturated/α-hetero) is 1. The van der Waals surface area contributed by atoms with Gasteiger partial charge in [-0.2, -0.15) is 0 Å². The van der Waals surface area contributed by atoms with Gasteiger partial charge in [-0.05, 0) is 30.9 Å². The number of benzene rings is 1. The molecule has 0 spiro atoms. The summed E-state index contributed by atoms with van der Waals surface area (Å²) in [6, 6.07) is 3.90. The summed E-state index contributed by atoms with van der Waals surface area (Å²) in [5.74, 6) is -1.15. The minimum absolute atomic E-state index is 0.116. The van der Waals surface area contributed by atoms with Crippen LogP contribution in [0.1, 0.15) is 23.2 Å². The summed E-state index contributed by atoms with van der Waals surface area (Å²) < 4.78 is 18.5. The van der Waals surface area contributed by atoms with E-state index in [1.54, 1.807) is 0 Å². The van der Waals surface area contributed by atoms with Gasteiger partial charge in [-0.15, -0.1) is 0 Å². The lowest BCUT2D eigenvalue weighted by molar-refractivity contribution is -0.144. The minimum atomic E-state index is -0.703. The molecule has 1 saturated heterocycles. The summed E-state index contributed by atoms with van der Waals surface area (Å²) in [5, 5.41) is 3.13. The minimum Gasteiger partial charge on any atom is -0.456 e. The van der Waals surface area contributed by atoms with Crippen LogP contribution in [0.2, 0.25) is 0 Å². The Morgan fingerprint density at radius 3 is 2.85 bits per heavy atom. The number of ether oxygens (including phenoxy) is 1. The van der Waals surface area contributed by atoms with Crippen molar-refractivity contribution in [1.82, 2.24) is 5.32 Å². The molecule has 20 heavy (non-hydrogen) atoms. The first-order valence-electron chi connectivity index (χ1n) is 6.55. The van der Waals surface area contributed by atoms with Gasteiger partial charge in [0.05, 0.1) is 5.56 Å². The van der Waals surface area contributed by atoms with E-state index in [4.69, 9.17) is 12.6 Å². The third-order valence-electron chi connectivity index (χ3n) is 3.80. The number of halogens is 1. The van der Waals surface area contributed by atoms with Gasteiger partial charge in [0.2, 0.25) is 5.78 Å². The number of carbonyl (C=O) groups excluding carboxylic acids is 2. The summed E-state index contributed by atoms with van der Waals surface area (Å²) in [7, 11) is 5.40. The normalized spacial score (nSPS) is 26.9. The van der Waals surface area contributed by atoms with Crippen molar-refractivity contribution in [2.45, 2.75) is 24.9 Å². The van der Waals surface area contributed by atoms with Crippen LogP contribution in [0.3, 0.4) is 0 Å². The SMILES string of the molecule is [B]c1ccc(C(=O)COC(=O)[C@@H]2CC3C[C@H]3N2)c(F)c1. The Labute approximate surface area is 117 Å². The van der Waals surface area contributed by atoms with E-state index < -0.39 is 24.2 Å². The van der Waals surface area contributed by atoms with Gasteiger partial charge in [-0.25, -0.2) is 4.39 Å². The summed E-state index contributed by atoms with van der Waals surface area (Å²) in [4.78, 5) is 23.5. The zero-order valence-corrected chi connectivity index (χ0v) is 10.8. The fourth-order valence-electron chi connectivity index (χ4n) is 2.58. The first kappa shape index (κ1) is 13.3. The van der Waals surface area contributed by atoms with Crippen molar-refractivity contribution in [1.29, 1.82) is 0 Å². The molecule has 1 aliphatic heterocycles. The molecule has 1 saturated carbocycles. The number of esters is 1. The van der Waals surface area contributed by atoms with Gasteiger partial charge < -0.3 is 10.1 Å². The second kappa shape index (κ2) is 5.02. The van der Waals surface area contributed by atoms with Crippen molar-refractivity contribution in [2.24, 2.45) is 5.92 Å². The first-order chi connectivity index (χ1) is 9.54. The van der Waals surface area contributed by atoms with Gasteiger partial charge in [-0.1, -0.05) is 11.5 Å². The van der Waals surface area contributed by atoms with Crippen LogP contribution >= 0.6 is 0 Å². The second-order valence-corrected chi connectivity index (χ2v) is 5.33. The molecule has 1 aliphatic carbocycles. The zero-order chi connectivity index (χ0) is 14.3. The van der Waals surface area contributed by atoms with Crippen LogP contribution in [-0.2, 0) is 9.53 Å². The van der Waals surface area contributed by atoms with E-state index in [2.05, 4.69) is 5.32 Å². The number of piperidine rings is 1. The van der Waals surface area contributed by atoms with E-state index in [9.17, 15) is 14.0 Å². The lowest BCUT2D eigenvalue weighted by Crippen LogP contribution is -2.36. The maximum atomic E-state index is 13.5. The Hall–Kier alpha value is -1.69. The molecule has 0 bridgehead atoms. The third kappa shape index (κ3) is 2.61. The van der Waals surface area contributed by atoms with E-state index in [0.717, 1.165) is 18.9 Å². The number of hydrogen-bond acceptors (Lipinski definition) is 4. The maximum absolute atomic E-state index is 13.5. The number of fused-ring (bicyclic) bond motifs is 1. The fraction of sp³-hybridized carbons (Fsp3) is 0.429. The molecule has 0 aromatic heterocycles. The van der Waals surface area contributed by atoms with Crippen LogP contribution in [0.4, 0.5) is 4.39 Å². The van der Waals surface area contributed by atoms with Gasteiger partial charge in [-0.3, -0.25) is 9.59 Å². The van der Waals surface area contributed by atoms with Crippen LogP contribution < -0.4 is 10.8 Å². The Bertz CT molecular complexity index is 568. The molecule has 102 valence electrons. The van der Waals surface area contributed by atoms with E-state index in [-0.39, 0.29) is 17.1 Å². The predicted molar refractivity (Wildman–Crippen MR) is 70.5 cm³/mol. The van der Waals surface area contributed by atoms with Crippen LogP contribution in [0.25, 0.3) is 0 Å². The predicted octanol–water partition coefficient (Wildman–Crippen LogP) is 0.0958. The monoisotopic (exact) mass is 273 g/mol. The summed E-state index contributed by atoms with van der Waals surface area (Å²) >= 11 is 0. The maximum Gasteiger partial charge on any atom is 0.323 e. The van der Waals surface area contributed by atoms with Gasteiger partial charge in [0.15, 0.2) is 6.61 Å². The van der Waals surface area contributed by atoms with Gasteiger partial charge in [0.25, 0.3) is 0 Å². The average Bonchev–Trinajstić information content (AvgIpc) is 3.02. The van der Waals surface area contributed by atoms with E-state index in [1.165, 1.54) is 12.1 Å². The number of ketones is 1. The van der Waals surface area contributed by atoms with Crippen molar-refractivity contribution in [3.8, 4) is 0 Å². The lowest BCUT2D eigenvalue weighted by atomic mass is 9.94. The largest absolute Gasteiger partial charge is 0.456 e. The van der Waals surface area contributed by atoms with Crippen LogP contribution in [0.5, 0.6) is 0 Å². The Balaban J connectivity index is 1.55. The molecule has 4 nitrogen and oxygen atoms in total. The van der Waals surface area contributed by atoms with Crippen molar-refractivity contribution in [3.63, 3.8) is 0 Å². The highest BCUT2D eigenvalue weighted by atomic mass is 19.1. The first-order valence-corrected chi connectivity index (χ1v) is 6.55. The number of rotatable bonds is 4. The van der Waals surface area contributed by atoms with Crippen LogP contribution in [-0.4, -0.2) is 38.3 Å². The number of hydrogen-bond donors (Lipinski definition) is 1. The smallest absolute Gasteiger partial charge is 0.323 e. The molecule has 2 aliphatic rings. The molecule has 1 unspecified atom stereocenters. The molecule has 1 N–H and O–H groups in total. The fourth-order valence-corrected chi connectivity index (χ4v) is 2.58. The zero-order valence-electron chi connectivity index (χ0n) is 10.8. The molecule has 3 atom stereocenters. The van der Waals surface area contributed by atoms with Crippen molar-refractivity contribution >= 4 is 25.1 Å². The highest BCUT2D eigenvalue weighted by Gasteiger charge is 2.48. The molecule has 1 aromatic carbocycles. The molecule has 2 radical (unpaired) electrons. The molecule has 0 amide bonds. The molecule has 3 rings (SSSR count). The van der Waals surface area contributed by atoms with Crippen molar-refractivity contribution in [3.05, 3.63) is 29.6 Å². The quantitative estimate of drug-likeness (QED) is 0.480. The second-order valence-electron chi connectivity index (χ2n) is 5.33. The van der Waals surface area contributed by atoms with Crippen LogP contribution in [0, 0.1) is 11.7 Å². The Morgan fingerprint density at radius 1 is 1.40 bits per heavy atom. The lowest BCUT2D eigenvalue weighted by Gasteiger charge is -2.12. The van der Waals surface area contributed by atoms with E-state index in [0.29, 0.717) is 12.0 Å². The molecule has 1 heterocycles. The highest BCUT2D eigenvalue weighted by molar-refractivity contribution is 6.32. The van der Waals surface area contributed by atoms with Gasteiger partial charge >= 0.3 is 5.97 Å². The standard InChI is InChI=1S/C14H13BFNO3/c15-8-1-2-9(10(16)5-8)13(18)6-20-14(19)12-4-7-3-11(7)17-12/h1-2,5,7,11-12,17H,3-4,6H2/t7?,11-,12+/m1/s1. The molecular weight excluding hydrogens is 260 g/mol.